The third-order valence-electron chi connectivity index (χ3n) is 3.37. The van der Waals surface area contributed by atoms with E-state index in [1.807, 2.05) is 12.1 Å². The molecule has 1 N–H and O–H groups in total. The number of hydrogen-bond acceptors (Lipinski definition) is 2. The molecule has 22 heavy (non-hydrogen) atoms. The molecule has 0 radical (unpaired) electrons. The molecule has 0 amide bonds. The standard InChI is InChI=1S/C16H11Cl3N2O/c17-11-6-4-9(8-13(11)19)5-7-14-20-15-10(16(22)21-14)2-1-3-12(15)18/h1-4,6,8H,5,7H2,(H,20,21,22). The lowest BCUT2D eigenvalue weighted by molar-refractivity contribution is 0.861. The molecule has 112 valence electrons. The van der Waals surface area contributed by atoms with E-state index in [-0.39, 0.29) is 5.56 Å². The number of aromatic amines is 1. The quantitative estimate of drug-likeness (QED) is 0.744. The molecule has 0 fully saturated rings. The van der Waals surface area contributed by atoms with Gasteiger partial charge < -0.3 is 4.98 Å². The van der Waals surface area contributed by atoms with E-state index in [9.17, 15) is 4.79 Å². The van der Waals surface area contributed by atoms with Crippen molar-refractivity contribution in [1.82, 2.24) is 9.97 Å². The summed E-state index contributed by atoms with van der Waals surface area (Å²) in [5, 5.41) is 2.00. The summed E-state index contributed by atoms with van der Waals surface area (Å²) >= 11 is 18.0. The summed E-state index contributed by atoms with van der Waals surface area (Å²) in [7, 11) is 0. The lowest BCUT2D eigenvalue weighted by Crippen LogP contribution is -2.12. The molecule has 0 atom stereocenters. The largest absolute Gasteiger partial charge is 0.310 e. The van der Waals surface area contributed by atoms with E-state index in [1.54, 1.807) is 24.3 Å². The molecule has 3 nitrogen and oxygen atoms in total. The van der Waals surface area contributed by atoms with Crippen LogP contribution in [0.1, 0.15) is 11.4 Å². The summed E-state index contributed by atoms with van der Waals surface area (Å²) in [5.74, 6) is 0.594. The number of aryl methyl sites for hydroxylation is 2. The first-order valence-corrected chi connectivity index (χ1v) is 7.79. The Bertz CT molecular complexity index is 906. The van der Waals surface area contributed by atoms with Crippen LogP contribution >= 0.6 is 34.8 Å². The first-order chi connectivity index (χ1) is 10.5. The van der Waals surface area contributed by atoms with Gasteiger partial charge in [0.25, 0.3) is 5.56 Å². The second-order valence-electron chi connectivity index (χ2n) is 4.90. The van der Waals surface area contributed by atoms with E-state index in [1.165, 1.54) is 0 Å². The summed E-state index contributed by atoms with van der Waals surface area (Å²) in [6.45, 7) is 0. The number of H-pyrrole nitrogens is 1. The van der Waals surface area contributed by atoms with Gasteiger partial charge in [-0.05, 0) is 36.2 Å². The highest BCUT2D eigenvalue weighted by molar-refractivity contribution is 6.42. The molecule has 0 aliphatic heterocycles. The van der Waals surface area contributed by atoms with Crippen molar-refractivity contribution in [1.29, 1.82) is 0 Å². The van der Waals surface area contributed by atoms with Crippen molar-refractivity contribution in [2.45, 2.75) is 12.8 Å². The fraction of sp³-hybridized carbons (Fsp3) is 0.125. The molecule has 0 aliphatic carbocycles. The molecule has 3 aromatic rings. The maximum atomic E-state index is 12.1. The van der Waals surface area contributed by atoms with Gasteiger partial charge >= 0.3 is 0 Å². The van der Waals surface area contributed by atoms with Crippen molar-refractivity contribution in [3.63, 3.8) is 0 Å². The Kier molecular flexibility index (Phi) is 4.39. The SMILES string of the molecule is O=c1[nH]c(CCc2ccc(Cl)c(Cl)c2)nc2c(Cl)cccc12. The molecule has 0 aliphatic rings. The molecule has 3 rings (SSSR count). The number of fused-ring (bicyclic) bond motifs is 1. The highest BCUT2D eigenvalue weighted by atomic mass is 35.5. The van der Waals surface area contributed by atoms with E-state index in [0.717, 1.165) is 5.56 Å². The molecule has 6 heteroatoms. The van der Waals surface area contributed by atoms with Crippen LogP contribution in [0.2, 0.25) is 15.1 Å². The number of halogens is 3. The van der Waals surface area contributed by atoms with Crippen LogP contribution in [0.5, 0.6) is 0 Å². The number of para-hydroxylation sites is 1. The molecule has 1 heterocycles. The van der Waals surface area contributed by atoms with Crippen molar-refractivity contribution >= 4 is 45.7 Å². The van der Waals surface area contributed by atoms with E-state index in [4.69, 9.17) is 34.8 Å². The number of aromatic nitrogens is 2. The van der Waals surface area contributed by atoms with Crippen LogP contribution in [0.4, 0.5) is 0 Å². The average molecular weight is 354 g/mol. The van der Waals surface area contributed by atoms with Crippen LogP contribution in [0.15, 0.2) is 41.2 Å². The minimum absolute atomic E-state index is 0.184. The van der Waals surface area contributed by atoms with Crippen molar-refractivity contribution in [3.8, 4) is 0 Å². The smallest absolute Gasteiger partial charge is 0.258 e. The third kappa shape index (κ3) is 3.12. The summed E-state index contributed by atoms with van der Waals surface area (Å²) < 4.78 is 0. The first-order valence-electron chi connectivity index (χ1n) is 6.66. The lowest BCUT2D eigenvalue weighted by atomic mass is 10.1. The normalized spacial score (nSPS) is 11.0. The number of hydrogen-bond donors (Lipinski definition) is 1. The van der Waals surface area contributed by atoms with Crippen molar-refractivity contribution in [2.24, 2.45) is 0 Å². The Hall–Kier alpha value is -1.55. The molecule has 2 aromatic carbocycles. The van der Waals surface area contributed by atoms with Crippen LogP contribution < -0.4 is 5.56 Å². The van der Waals surface area contributed by atoms with Crippen LogP contribution in [-0.2, 0) is 12.8 Å². The van der Waals surface area contributed by atoms with Crippen LogP contribution in [0.25, 0.3) is 10.9 Å². The van der Waals surface area contributed by atoms with Gasteiger partial charge in [-0.25, -0.2) is 4.98 Å². The van der Waals surface area contributed by atoms with Gasteiger partial charge in [-0.15, -0.1) is 0 Å². The zero-order chi connectivity index (χ0) is 15.7. The van der Waals surface area contributed by atoms with Crippen LogP contribution in [0, 0.1) is 0 Å². The molecule has 0 unspecified atom stereocenters. The summed E-state index contributed by atoms with van der Waals surface area (Å²) in [6, 6.07) is 10.6. The minimum atomic E-state index is -0.184. The highest BCUT2D eigenvalue weighted by Crippen LogP contribution is 2.23. The monoisotopic (exact) mass is 352 g/mol. The number of nitrogens with one attached hydrogen (secondary N) is 1. The van der Waals surface area contributed by atoms with E-state index in [0.29, 0.717) is 44.6 Å². The molecule has 0 bridgehead atoms. The van der Waals surface area contributed by atoms with Gasteiger partial charge in [0.2, 0.25) is 0 Å². The van der Waals surface area contributed by atoms with Gasteiger partial charge in [0.15, 0.2) is 0 Å². The zero-order valence-corrected chi connectivity index (χ0v) is 13.6. The average Bonchev–Trinajstić information content (AvgIpc) is 2.50. The molecule has 0 saturated carbocycles. The maximum absolute atomic E-state index is 12.1. The van der Waals surface area contributed by atoms with Crippen molar-refractivity contribution in [3.05, 3.63) is 73.2 Å². The Morgan fingerprint density at radius 3 is 2.55 bits per heavy atom. The maximum Gasteiger partial charge on any atom is 0.258 e. The fourth-order valence-electron chi connectivity index (χ4n) is 2.25. The molecular weight excluding hydrogens is 343 g/mol. The molecule has 0 spiro atoms. The summed E-state index contributed by atoms with van der Waals surface area (Å²) in [5.41, 5.74) is 1.37. The number of nitrogens with zero attached hydrogens (tertiary/aromatic N) is 1. The fourth-order valence-corrected chi connectivity index (χ4v) is 2.79. The van der Waals surface area contributed by atoms with E-state index >= 15 is 0 Å². The lowest BCUT2D eigenvalue weighted by Gasteiger charge is -2.05. The van der Waals surface area contributed by atoms with Crippen molar-refractivity contribution < 1.29 is 0 Å². The molecular formula is C16H11Cl3N2O. The molecule has 1 aromatic heterocycles. The van der Waals surface area contributed by atoms with Crippen LogP contribution in [0.3, 0.4) is 0 Å². The Balaban J connectivity index is 1.89. The third-order valence-corrected chi connectivity index (χ3v) is 4.41. The zero-order valence-electron chi connectivity index (χ0n) is 11.4. The second kappa shape index (κ2) is 6.29. The van der Waals surface area contributed by atoms with Gasteiger partial charge in [0, 0.05) is 6.42 Å². The topological polar surface area (TPSA) is 45.8 Å². The number of rotatable bonds is 3. The first kappa shape index (κ1) is 15.3. The minimum Gasteiger partial charge on any atom is -0.310 e. The van der Waals surface area contributed by atoms with Crippen molar-refractivity contribution in [2.75, 3.05) is 0 Å². The van der Waals surface area contributed by atoms with Gasteiger partial charge in [0.1, 0.15) is 5.82 Å². The molecule has 0 saturated heterocycles. The Morgan fingerprint density at radius 2 is 1.77 bits per heavy atom. The van der Waals surface area contributed by atoms with E-state index in [2.05, 4.69) is 9.97 Å². The Morgan fingerprint density at radius 1 is 0.955 bits per heavy atom. The van der Waals surface area contributed by atoms with E-state index < -0.39 is 0 Å². The van der Waals surface area contributed by atoms with Gasteiger partial charge in [-0.3, -0.25) is 4.79 Å². The summed E-state index contributed by atoms with van der Waals surface area (Å²) in [6.07, 6.45) is 1.27. The van der Waals surface area contributed by atoms with Gasteiger partial charge in [0.05, 0.1) is 26.0 Å². The van der Waals surface area contributed by atoms with Gasteiger partial charge in [-0.1, -0.05) is 46.9 Å². The number of benzene rings is 2. The highest BCUT2D eigenvalue weighted by Gasteiger charge is 2.07. The summed E-state index contributed by atoms with van der Waals surface area (Å²) in [4.78, 5) is 19.3. The predicted molar refractivity (Wildman–Crippen MR) is 91.2 cm³/mol. The Labute approximate surface area is 141 Å². The second-order valence-corrected chi connectivity index (χ2v) is 6.12. The van der Waals surface area contributed by atoms with Crippen LogP contribution in [-0.4, -0.2) is 9.97 Å². The predicted octanol–water partition coefficient (Wildman–Crippen LogP) is 4.67. The van der Waals surface area contributed by atoms with Gasteiger partial charge in [-0.2, -0.15) is 0 Å².